The van der Waals surface area contributed by atoms with Gasteiger partial charge in [-0.15, -0.1) is 0 Å². The summed E-state index contributed by atoms with van der Waals surface area (Å²) in [6.45, 7) is 14.7. The monoisotopic (exact) mass is 466 g/mol. The fraction of sp³-hybridized carbons (Fsp3) is 0.576. The van der Waals surface area contributed by atoms with Crippen molar-refractivity contribution in [3.8, 4) is 0 Å². The summed E-state index contributed by atoms with van der Waals surface area (Å²) in [4.78, 5) is 10.3. The van der Waals surface area contributed by atoms with Crippen LogP contribution in [0.3, 0.4) is 0 Å². The van der Waals surface area contributed by atoms with Crippen molar-refractivity contribution in [1.82, 2.24) is 0 Å². The van der Waals surface area contributed by atoms with E-state index in [4.69, 9.17) is 9.98 Å². The van der Waals surface area contributed by atoms with Crippen molar-refractivity contribution in [2.75, 3.05) is 0 Å². The molecule has 0 heterocycles. The SMILES string of the molecule is CC1(C)[C@@H]2CC[C@@]1(C)C(=Nc1ccc(Cc3ccc(N=C4C[C@H]5CC[C@]4(C)C5(C)C)cc3)cc1)C2. The van der Waals surface area contributed by atoms with Gasteiger partial charge in [-0.05, 0) is 103 Å². The Hall–Kier alpha value is -2.22. The van der Waals surface area contributed by atoms with Crippen LogP contribution < -0.4 is 0 Å². The van der Waals surface area contributed by atoms with Gasteiger partial charge in [0.15, 0.2) is 0 Å². The summed E-state index contributed by atoms with van der Waals surface area (Å²) in [5.74, 6) is 1.61. The zero-order chi connectivity index (χ0) is 24.6. The Morgan fingerprint density at radius 2 is 0.971 bits per heavy atom. The Bertz CT molecular complexity index is 1100. The predicted octanol–water partition coefficient (Wildman–Crippen LogP) is 9.11. The van der Waals surface area contributed by atoms with E-state index in [2.05, 4.69) is 90.1 Å². The van der Waals surface area contributed by atoms with Gasteiger partial charge in [0.2, 0.25) is 0 Å². The smallest absolute Gasteiger partial charge is 0.0629 e. The van der Waals surface area contributed by atoms with Gasteiger partial charge in [0.1, 0.15) is 0 Å². The van der Waals surface area contributed by atoms with E-state index in [0.29, 0.717) is 10.8 Å². The molecule has 4 aliphatic carbocycles. The minimum atomic E-state index is 0.270. The quantitative estimate of drug-likeness (QED) is 0.429. The van der Waals surface area contributed by atoms with Crippen LogP contribution in [0.25, 0.3) is 0 Å². The maximum absolute atomic E-state index is 5.15. The summed E-state index contributed by atoms with van der Waals surface area (Å²) in [6.07, 6.45) is 8.63. The van der Waals surface area contributed by atoms with Crippen molar-refractivity contribution in [2.24, 2.45) is 43.5 Å². The molecule has 0 radical (unpaired) electrons. The van der Waals surface area contributed by atoms with Crippen LogP contribution in [0.5, 0.6) is 0 Å². The van der Waals surface area contributed by atoms with Gasteiger partial charge in [0, 0.05) is 22.3 Å². The van der Waals surface area contributed by atoms with E-state index < -0.39 is 0 Å². The van der Waals surface area contributed by atoms with Gasteiger partial charge >= 0.3 is 0 Å². The van der Waals surface area contributed by atoms with Crippen LogP contribution >= 0.6 is 0 Å². The first-order valence-corrected chi connectivity index (χ1v) is 13.9. The number of rotatable bonds is 4. The number of fused-ring (bicyclic) bond motifs is 4. The molecule has 0 aliphatic heterocycles. The molecule has 0 N–H and O–H groups in total. The highest BCUT2D eigenvalue weighted by Crippen LogP contribution is 2.65. The average Bonchev–Trinajstić information content (AvgIpc) is 3.34. The molecular formula is C33H42N2. The Morgan fingerprint density at radius 1 is 0.600 bits per heavy atom. The van der Waals surface area contributed by atoms with Gasteiger partial charge in [-0.2, -0.15) is 0 Å². The summed E-state index contributed by atoms with van der Waals surface area (Å²) in [6, 6.07) is 17.9. The lowest BCUT2D eigenvalue weighted by Gasteiger charge is -2.34. The summed E-state index contributed by atoms with van der Waals surface area (Å²) in [5.41, 5.74) is 9.07. The van der Waals surface area contributed by atoms with Gasteiger partial charge in [0.05, 0.1) is 11.4 Å². The topological polar surface area (TPSA) is 24.7 Å². The summed E-state index contributed by atoms with van der Waals surface area (Å²) < 4.78 is 0. The molecule has 4 saturated carbocycles. The van der Waals surface area contributed by atoms with E-state index in [9.17, 15) is 0 Å². The zero-order valence-corrected chi connectivity index (χ0v) is 22.6. The Balaban J connectivity index is 1.14. The second kappa shape index (κ2) is 7.64. The third-order valence-corrected chi connectivity index (χ3v) is 11.8. The third-order valence-electron chi connectivity index (χ3n) is 11.8. The van der Waals surface area contributed by atoms with E-state index in [1.165, 1.54) is 61.1 Å². The zero-order valence-electron chi connectivity index (χ0n) is 22.6. The fourth-order valence-electron chi connectivity index (χ4n) is 8.12. The average molecular weight is 467 g/mol. The molecule has 35 heavy (non-hydrogen) atoms. The first-order chi connectivity index (χ1) is 16.5. The standard InChI is InChI=1S/C33H42N2/c1-30(2)24-15-17-32(30,5)28(20-24)34-26-11-7-22(8-12-26)19-23-9-13-27(14-10-23)35-29-21-25-16-18-33(29,6)31(25,3)4/h7-14,24-25H,15-21H2,1-6H3/t24-,25-,32+,33+/m1/s1. The lowest BCUT2D eigenvalue weighted by atomic mass is 9.70. The minimum Gasteiger partial charge on any atom is -0.257 e. The lowest BCUT2D eigenvalue weighted by molar-refractivity contribution is 0.194. The molecule has 0 amide bonds. The predicted molar refractivity (Wildman–Crippen MR) is 148 cm³/mol. The van der Waals surface area contributed by atoms with Gasteiger partial charge in [-0.1, -0.05) is 65.8 Å². The number of hydrogen-bond acceptors (Lipinski definition) is 2. The molecule has 0 spiro atoms. The number of nitrogens with zero attached hydrogens (tertiary/aromatic N) is 2. The molecule has 4 atom stereocenters. The van der Waals surface area contributed by atoms with Crippen molar-refractivity contribution in [3.63, 3.8) is 0 Å². The van der Waals surface area contributed by atoms with E-state index in [1.807, 2.05) is 0 Å². The summed E-state index contributed by atoms with van der Waals surface area (Å²) in [7, 11) is 0. The maximum Gasteiger partial charge on any atom is 0.0629 e. The van der Waals surface area contributed by atoms with Crippen LogP contribution in [0.4, 0.5) is 11.4 Å². The second-order valence-electron chi connectivity index (χ2n) is 13.6. The molecule has 2 heteroatoms. The highest BCUT2D eigenvalue weighted by molar-refractivity contribution is 5.96. The fourth-order valence-corrected chi connectivity index (χ4v) is 8.12. The van der Waals surface area contributed by atoms with Crippen LogP contribution in [-0.4, -0.2) is 11.4 Å². The van der Waals surface area contributed by atoms with Crippen molar-refractivity contribution in [2.45, 2.75) is 86.5 Å². The first kappa shape index (κ1) is 23.2. The lowest BCUT2D eigenvalue weighted by Crippen LogP contribution is -2.32. The molecule has 4 bridgehead atoms. The Kier molecular flexibility index (Phi) is 5.06. The molecule has 0 aromatic heterocycles. The molecule has 2 aromatic rings. The summed E-state index contributed by atoms with van der Waals surface area (Å²) in [5, 5.41) is 0. The van der Waals surface area contributed by atoms with Crippen LogP contribution in [-0.2, 0) is 6.42 Å². The van der Waals surface area contributed by atoms with Crippen molar-refractivity contribution < 1.29 is 0 Å². The van der Waals surface area contributed by atoms with E-state index in [0.717, 1.165) is 29.6 Å². The molecule has 4 aliphatic rings. The minimum absolute atomic E-state index is 0.270. The van der Waals surface area contributed by atoms with Crippen molar-refractivity contribution >= 4 is 22.8 Å². The largest absolute Gasteiger partial charge is 0.257 e. The van der Waals surface area contributed by atoms with Crippen LogP contribution in [0.15, 0.2) is 58.5 Å². The molecule has 0 saturated heterocycles. The first-order valence-electron chi connectivity index (χ1n) is 13.9. The highest BCUT2D eigenvalue weighted by atomic mass is 14.8. The van der Waals surface area contributed by atoms with E-state index in [-0.39, 0.29) is 10.8 Å². The van der Waals surface area contributed by atoms with E-state index >= 15 is 0 Å². The van der Waals surface area contributed by atoms with Crippen LogP contribution in [0.1, 0.15) is 91.2 Å². The summed E-state index contributed by atoms with van der Waals surface area (Å²) >= 11 is 0. The molecule has 0 unspecified atom stereocenters. The van der Waals surface area contributed by atoms with Gasteiger partial charge in [-0.3, -0.25) is 9.98 Å². The number of benzene rings is 2. The van der Waals surface area contributed by atoms with Crippen LogP contribution in [0, 0.1) is 33.5 Å². The molecule has 2 nitrogen and oxygen atoms in total. The second-order valence-corrected chi connectivity index (χ2v) is 13.6. The molecule has 4 fully saturated rings. The third kappa shape index (κ3) is 3.35. The highest BCUT2D eigenvalue weighted by Gasteiger charge is 2.60. The van der Waals surface area contributed by atoms with Crippen molar-refractivity contribution in [3.05, 3.63) is 59.7 Å². The Labute approximate surface area is 212 Å². The number of hydrogen-bond donors (Lipinski definition) is 0. The molecule has 2 aromatic carbocycles. The molecular weight excluding hydrogens is 424 g/mol. The van der Waals surface area contributed by atoms with E-state index in [1.54, 1.807) is 0 Å². The van der Waals surface area contributed by atoms with Gasteiger partial charge in [0.25, 0.3) is 0 Å². The maximum atomic E-state index is 5.15. The van der Waals surface area contributed by atoms with Crippen molar-refractivity contribution in [1.29, 1.82) is 0 Å². The normalized spacial score (nSPS) is 36.5. The van der Waals surface area contributed by atoms with Gasteiger partial charge < -0.3 is 0 Å². The van der Waals surface area contributed by atoms with Gasteiger partial charge in [-0.25, -0.2) is 0 Å². The molecule has 6 rings (SSSR count). The number of aliphatic imine (C=N–C) groups is 2. The molecule has 184 valence electrons. The Morgan fingerprint density at radius 3 is 1.26 bits per heavy atom. The van der Waals surface area contributed by atoms with Crippen LogP contribution in [0.2, 0.25) is 0 Å².